The highest BCUT2D eigenvalue weighted by molar-refractivity contribution is 6.00. The fourth-order valence-electron chi connectivity index (χ4n) is 4.99. The lowest BCUT2D eigenvalue weighted by Gasteiger charge is -2.25. The largest absolute Gasteiger partial charge is 0.478 e. The van der Waals surface area contributed by atoms with E-state index in [-0.39, 0.29) is 0 Å². The molecule has 38 heavy (non-hydrogen) atoms. The van der Waals surface area contributed by atoms with Gasteiger partial charge in [0.25, 0.3) is 0 Å². The molecule has 2 aliphatic carbocycles. The van der Waals surface area contributed by atoms with E-state index in [0.29, 0.717) is 5.56 Å². The van der Waals surface area contributed by atoms with Crippen LogP contribution in [0.15, 0.2) is 65.1 Å². The molecule has 2 aromatic rings. The summed E-state index contributed by atoms with van der Waals surface area (Å²) >= 11 is 0. The highest BCUT2D eigenvalue weighted by atomic mass is 35.7. The van der Waals surface area contributed by atoms with Crippen molar-refractivity contribution >= 4 is 11.7 Å². The van der Waals surface area contributed by atoms with E-state index < -0.39 is 16.2 Å². The minimum atomic E-state index is -4.94. The van der Waals surface area contributed by atoms with E-state index in [9.17, 15) is 9.90 Å². The monoisotopic (exact) mass is 538 g/mol. The van der Waals surface area contributed by atoms with Crippen LogP contribution >= 0.6 is 0 Å². The van der Waals surface area contributed by atoms with Gasteiger partial charge >= 0.3 is 5.97 Å². The highest BCUT2D eigenvalue weighted by Crippen LogP contribution is 2.46. The molecule has 3 N–H and O–H groups in total. The number of aryl methyl sites for hydroxylation is 1. The molecule has 10 heteroatoms. The number of benzene rings is 3. The average Bonchev–Trinajstić information content (AvgIpc) is 2.86. The van der Waals surface area contributed by atoms with Gasteiger partial charge in [-0.2, -0.15) is 0 Å². The van der Waals surface area contributed by atoms with Gasteiger partial charge in [-0.15, -0.1) is 10.2 Å². The molecule has 2 aromatic carbocycles. The number of hydrogen-bond donors (Lipinski definition) is 2. The maximum Gasteiger partial charge on any atom is 0.336 e. The number of nitrogens with two attached hydrogens (primary N) is 1. The molecular weight excluding hydrogens is 512 g/mol. The zero-order chi connectivity index (χ0) is 27.6. The summed E-state index contributed by atoms with van der Waals surface area (Å²) in [6.45, 7) is 6.05. The zero-order valence-electron chi connectivity index (χ0n) is 20.9. The van der Waals surface area contributed by atoms with Gasteiger partial charge < -0.3 is 15.3 Å². The van der Waals surface area contributed by atoms with Gasteiger partial charge in [-0.05, 0) is 68.1 Å². The minimum absolute atomic E-state index is 0.295. The fraction of sp³-hybridized carbons (Fsp3) is 0.214. The third-order valence-electron chi connectivity index (χ3n) is 6.60. The Balaban J connectivity index is 0.000000617. The predicted octanol–water partition coefficient (Wildman–Crippen LogP) is 0.153. The van der Waals surface area contributed by atoms with Gasteiger partial charge in [-0.25, -0.2) is 28.0 Å². The van der Waals surface area contributed by atoms with E-state index in [1.165, 1.54) is 0 Å². The Hall–Kier alpha value is -3.73. The normalized spacial score (nSPS) is 12.3. The number of nitrogens with zero attached hydrogens (tertiary/aromatic N) is 1. The number of carboxylic acids is 1. The van der Waals surface area contributed by atoms with Crippen molar-refractivity contribution in [3.8, 4) is 33.8 Å². The Labute approximate surface area is 221 Å². The van der Waals surface area contributed by atoms with Crippen LogP contribution in [0.4, 0.5) is 5.69 Å². The molecule has 0 aromatic heterocycles. The molecule has 1 heterocycles. The first kappa shape index (κ1) is 27.3. The van der Waals surface area contributed by atoms with Gasteiger partial charge in [0.1, 0.15) is 24.6 Å². The first-order valence-corrected chi connectivity index (χ1v) is 13.3. The van der Waals surface area contributed by atoms with Crippen molar-refractivity contribution in [2.24, 2.45) is 0 Å². The molecule has 9 nitrogen and oxygen atoms in total. The lowest BCUT2D eigenvalue weighted by molar-refractivity contribution is -2.00. The molecule has 0 saturated heterocycles. The SMILES string of the molecule is CC[N+](CC)=c1ccc2c(-c3ccccc3C(=O)O)c3c(oc-2c1)-c1ccc(N)cc1CC3.[O-][Cl+3]([O-])([O-])[O-]. The summed E-state index contributed by atoms with van der Waals surface area (Å²) in [5.41, 5.74) is 12.9. The minimum Gasteiger partial charge on any atom is -0.478 e. The van der Waals surface area contributed by atoms with Crippen molar-refractivity contribution in [3.63, 3.8) is 0 Å². The molecule has 1 aliphatic heterocycles. The topological polar surface area (TPSA) is 172 Å². The summed E-state index contributed by atoms with van der Waals surface area (Å²) in [5, 5.41) is 11.0. The third kappa shape index (κ3) is 5.72. The van der Waals surface area contributed by atoms with Crippen molar-refractivity contribution in [3.05, 3.63) is 82.7 Å². The predicted molar refractivity (Wildman–Crippen MR) is 131 cm³/mol. The van der Waals surface area contributed by atoms with Gasteiger partial charge in [0.2, 0.25) is 5.36 Å². The number of rotatable bonds is 4. The van der Waals surface area contributed by atoms with Gasteiger partial charge in [-0.3, -0.25) is 0 Å². The van der Waals surface area contributed by atoms with Crippen LogP contribution in [0.2, 0.25) is 0 Å². The van der Waals surface area contributed by atoms with Crippen LogP contribution in [0.3, 0.4) is 0 Å². The molecule has 0 unspecified atom stereocenters. The van der Waals surface area contributed by atoms with Crippen molar-refractivity contribution in [1.29, 1.82) is 0 Å². The molecule has 3 aliphatic rings. The molecule has 0 amide bonds. The van der Waals surface area contributed by atoms with Crippen molar-refractivity contribution in [2.75, 3.05) is 18.8 Å². The van der Waals surface area contributed by atoms with E-state index in [2.05, 4.69) is 36.6 Å². The Kier molecular flexibility index (Phi) is 7.86. The maximum atomic E-state index is 12.1. The van der Waals surface area contributed by atoms with Crippen LogP contribution in [0.5, 0.6) is 0 Å². The van der Waals surface area contributed by atoms with Crippen LogP contribution in [0.1, 0.15) is 35.3 Å². The number of hydrogen-bond acceptors (Lipinski definition) is 7. The van der Waals surface area contributed by atoms with E-state index in [4.69, 9.17) is 28.8 Å². The zero-order valence-corrected chi connectivity index (χ0v) is 21.7. The molecule has 0 saturated carbocycles. The molecule has 0 spiro atoms. The van der Waals surface area contributed by atoms with Crippen LogP contribution in [-0.2, 0) is 12.8 Å². The molecule has 0 atom stereocenters. The van der Waals surface area contributed by atoms with Gasteiger partial charge in [0, 0.05) is 34.0 Å². The number of anilines is 1. The lowest BCUT2D eigenvalue weighted by Crippen LogP contribution is -2.68. The molecule has 198 valence electrons. The number of halogens is 1. The quantitative estimate of drug-likeness (QED) is 0.273. The summed E-state index contributed by atoms with van der Waals surface area (Å²) in [6, 6.07) is 19.4. The number of aromatic carboxylic acids is 1. The molecule has 0 fully saturated rings. The number of carboxylic acid groups (broad SMARTS) is 1. The second-order valence-electron chi connectivity index (χ2n) is 8.78. The van der Waals surface area contributed by atoms with Crippen LogP contribution in [-0.4, -0.2) is 24.2 Å². The van der Waals surface area contributed by atoms with Crippen LogP contribution in [0.25, 0.3) is 33.8 Å². The second kappa shape index (κ2) is 10.9. The molecule has 0 bridgehead atoms. The number of carbonyl (C=O) groups is 1. The Morgan fingerprint density at radius 2 is 1.61 bits per heavy atom. The summed E-state index contributed by atoms with van der Waals surface area (Å²) in [5.74, 6) is 0.616. The Morgan fingerprint density at radius 3 is 2.26 bits per heavy atom. The molecular formula is C28H27ClN2O7. The summed E-state index contributed by atoms with van der Waals surface area (Å²) in [4.78, 5) is 12.1. The van der Waals surface area contributed by atoms with Crippen molar-refractivity contribution in [2.45, 2.75) is 26.7 Å². The van der Waals surface area contributed by atoms with Gasteiger partial charge in [-0.1, -0.05) is 18.2 Å². The summed E-state index contributed by atoms with van der Waals surface area (Å²) < 4.78 is 42.8. The number of nitrogen functional groups attached to an aromatic ring is 1. The maximum absolute atomic E-state index is 12.1. The summed E-state index contributed by atoms with van der Waals surface area (Å²) in [7, 11) is -4.94. The first-order chi connectivity index (χ1) is 18.0. The standard InChI is InChI=1S/C28H26N2O3.ClHO4/c1-3-30(4-2)19-11-14-23-25(16-19)33-27-20-13-10-18(29)15-17(20)9-12-24(27)26(23)21-7-5-6-8-22(21)28(31)32;2-1(3,4)5/h5-8,10-11,13-16,29H,3-4,9,12H2,1-2H3,(H,31,32);(H,2,3,4,5). The van der Waals surface area contributed by atoms with Crippen molar-refractivity contribution in [1.82, 2.24) is 4.58 Å². The third-order valence-corrected chi connectivity index (χ3v) is 6.60. The fourth-order valence-corrected chi connectivity index (χ4v) is 4.99. The second-order valence-corrected chi connectivity index (χ2v) is 9.54. The van der Waals surface area contributed by atoms with Gasteiger partial charge in [0.05, 0.1) is 11.6 Å². The van der Waals surface area contributed by atoms with E-state index in [1.807, 2.05) is 30.3 Å². The smallest absolute Gasteiger partial charge is 0.336 e. The average molecular weight is 539 g/mol. The Morgan fingerprint density at radius 1 is 0.947 bits per heavy atom. The highest BCUT2D eigenvalue weighted by Gasteiger charge is 2.29. The lowest BCUT2D eigenvalue weighted by atomic mass is 9.82. The first-order valence-electron chi connectivity index (χ1n) is 12.0. The van der Waals surface area contributed by atoms with E-state index in [0.717, 1.165) is 81.9 Å². The van der Waals surface area contributed by atoms with Crippen molar-refractivity contribution < 1.29 is 43.2 Å². The molecule has 0 radical (unpaired) electrons. The molecule has 5 rings (SSSR count). The summed E-state index contributed by atoms with van der Waals surface area (Å²) in [6.07, 6.45) is 1.58. The Bertz CT molecular complexity index is 1530. The van der Waals surface area contributed by atoms with E-state index in [1.54, 1.807) is 12.1 Å². The number of fused-ring (bicyclic) bond motifs is 4. The van der Waals surface area contributed by atoms with Crippen LogP contribution in [0, 0.1) is 10.2 Å². The van der Waals surface area contributed by atoms with E-state index >= 15 is 0 Å². The van der Waals surface area contributed by atoms with Gasteiger partial charge in [0.15, 0.2) is 0 Å². The van der Waals surface area contributed by atoms with Crippen LogP contribution < -0.4 is 34.3 Å².